The van der Waals surface area contributed by atoms with Gasteiger partial charge in [-0.25, -0.2) is 0 Å². The van der Waals surface area contributed by atoms with Crippen LogP contribution in [0.3, 0.4) is 0 Å². The molecule has 3 heteroatoms. The summed E-state index contributed by atoms with van der Waals surface area (Å²) >= 11 is 0. The summed E-state index contributed by atoms with van der Waals surface area (Å²) in [5.41, 5.74) is 0.222. The Morgan fingerprint density at radius 1 is 1.12 bits per heavy atom. The first-order valence-corrected chi connectivity index (χ1v) is 6.11. The number of hydrogen-bond donors (Lipinski definition) is 0. The van der Waals surface area contributed by atoms with Crippen LogP contribution in [0.1, 0.15) is 34.6 Å². The monoisotopic (exact) mass is 229 g/mol. The molecule has 1 rings (SSSR count). The largest absolute Gasteiger partial charge is 0.384 e. The summed E-state index contributed by atoms with van der Waals surface area (Å²) in [5, 5.41) is 0. The van der Waals surface area contributed by atoms with Crippen molar-refractivity contribution >= 4 is 0 Å². The highest BCUT2D eigenvalue weighted by atomic mass is 16.5. The van der Waals surface area contributed by atoms with Gasteiger partial charge in [0.25, 0.3) is 0 Å². The number of likely N-dealkylation sites (tertiary alicyclic amines) is 1. The Morgan fingerprint density at radius 3 is 2.12 bits per heavy atom. The molecule has 0 aromatic carbocycles. The molecule has 0 aromatic heterocycles. The third-order valence-corrected chi connectivity index (χ3v) is 2.63. The van der Waals surface area contributed by atoms with E-state index in [0.717, 1.165) is 26.2 Å². The second-order valence-electron chi connectivity index (χ2n) is 6.64. The van der Waals surface area contributed by atoms with Gasteiger partial charge in [-0.2, -0.15) is 0 Å². The summed E-state index contributed by atoms with van der Waals surface area (Å²) in [6.45, 7) is 14.9. The van der Waals surface area contributed by atoms with Crippen molar-refractivity contribution in [2.24, 2.45) is 5.41 Å². The van der Waals surface area contributed by atoms with Gasteiger partial charge >= 0.3 is 0 Å². The van der Waals surface area contributed by atoms with Crippen LogP contribution in [0.2, 0.25) is 0 Å². The topological polar surface area (TPSA) is 21.7 Å². The minimum atomic E-state index is -0.0151. The average molecular weight is 229 g/mol. The molecular weight excluding hydrogens is 202 g/mol. The zero-order valence-electron chi connectivity index (χ0n) is 11.7. The van der Waals surface area contributed by atoms with E-state index in [2.05, 4.69) is 39.5 Å². The van der Waals surface area contributed by atoms with Crippen molar-refractivity contribution in [3.05, 3.63) is 0 Å². The van der Waals surface area contributed by atoms with Gasteiger partial charge in [-0.15, -0.1) is 0 Å². The van der Waals surface area contributed by atoms with Gasteiger partial charge in [0, 0.05) is 32.2 Å². The van der Waals surface area contributed by atoms with Crippen molar-refractivity contribution in [3.8, 4) is 0 Å². The second-order valence-corrected chi connectivity index (χ2v) is 6.64. The lowest BCUT2D eigenvalue weighted by Gasteiger charge is -2.45. The van der Waals surface area contributed by atoms with Crippen molar-refractivity contribution in [1.82, 2.24) is 4.90 Å². The van der Waals surface area contributed by atoms with Gasteiger partial charge in [0.05, 0.1) is 18.3 Å². The molecule has 0 radical (unpaired) electrons. The van der Waals surface area contributed by atoms with E-state index >= 15 is 0 Å². The Kier molecular flexibility index (Phi) is 4.38. The van der Waals surface area contributed by atoms with Crippen LogP contribution < -0.4 is 0 Å². The van der Waals surface area contributed by atoms with Crippen molar-refractivity contribution in [2.45, 2.75) is 46.3 Å². The average Bonchev–Trinajstić information content (AvgIpc) is 1.96. The van der Waals surface area contributed by atoms with Gasteiger partial charge in [0.2, 0.25) is 0 Å². The number of ether oxygens (including phenoxy) is 2. The molecule has 0 saturated carbocycles. The first-order valence-electron chi connectivity index (χ1n) is 6.11. The summed E-state index contributed by atoms with van der Waals surface area (Å²) in [7, 11) is 1.77. The molecular formula is C13H27NO2. The Hall–Kier alpha value is -0.120. The van der Waals surface area contributed by atoms with Gasteiger partial charge in [-0.05, 0) is 20.8 Å². The third kappa shape index (κ3) is 4.81. The summed E-state index contributed by atoms with van der Waals surface area (Å²) < 4.78 is 11.1. The van der Waals surface area contributed by atoms with Crippen molar-refractivity contribution in [1.29, 1.82) is 0 Å². The van der Waals surface area contributed by atoms with Crippen molar-refractivity contribution in [3.63, 3.8) is 0 Å². The fraction of sp³-hybridized carbons (Fsp3) is 1.00. The molecule has 16 heavy (non-hydrogen) atoms. The minimum Gasteiger partial charge on any atom is -0.384 e. The molecule has 1 saturated heterocycles. The quantitative estimate of drug-likeness (QED) is 0.721. The highest BCUT2D eigenvalue weighted by Gasteiger charge is 2.34. The summed E-state index contributed by atoms with van der Waals surface area (Å²) in [6.07, 6.45) is 0.415. The van der Waals surface area contributed by atoms with Crippen molar-refractivity contribution in [2.75, 3.05) is 33.4 Å². The van der Waals surface area contributed by atoms with Gasteiger partial charge in [-0.3, -0.25) is 4.90 Å². The van der Waals surface area contributed by atoms with E-state index < -0.39 is 0 Å². The molecule has 1 aliphatic rings. The van der Waals surface area contributed by atoms with Crippen LogP contribution in [-0.4, -0.2) is 50.0 Å². The van der Waals surface area contributed by atoms with Gasteiger partial charge in [-0.1, -0.05) is 13.8 Å². The maximum Gasteiger partial charge on any atom is 0.0835 e. The lowest BCUT2D eigenvalue weighted by Crippen LogP contribution is -2.56. The predicted octanol–water partition coefficient (Wildman–Crippen LogP) is 2.16. The van der Waals surface area contributed by atoms with E-state index in [1.54, 1.807) is 7.11 Å². The Morgan fingerprint density at radius 2 is 1.69 bits per heavy atom. The number of methoxy groups -OCH3 is 1. The smallest absolute Gasteiger partial charge is 0.0835 e. The molecule has 1 fully saturated rings. The molecule has 0 amide bonds. The van der Waals surface area contributed by atoms with Gasteiger partial charge in [0.1, 0.15) is 0 Å². The lowest BCUT2D eigenvalue weighted by atomic mass is 9.92. The second kappa shape index (κ2) is 5.03. The molecule has 96 valence electrons. The molecule has 0 atom stereocenters. The molecule has 0 bridgehead atoms. The van der Waals surface area contributed by atoms with Crippen LogP contribution in [0.15, 0.2) is 0 Å². The van der Waals surface area contributed by atoms with Crippen LogP contribution in [0, 0.1) is 5.41 Å². The lowest BCUT2D eigenvalue weighted by molar-refractivity contribution is -0.131. The molecule has 3 nitrogen and oxygen atoms in total. The molecule has 0 aliphatic carbocycles. The van der Waals surface area contributed by atoms with E-state index in [9.17, 15) is 0 Å². The Labute approximate surface area is 100 Å². The van der Waals surface area contributed by atoms with E-state index in [-0.39, 0.29) is 11.0 Å². The summed E-state index contributed by atoms with van der Waals surface area (Å²) in [4.78, 5) is 2.44. The molecule has 0 spiro atoms. The molecule has 0 unspecified atom stereocenters. The third-order valence-electron chi connectivity index (χ3n) is 2.63. The van der Waals surface area contributed by atoms with Crippen LogP contribution in [0.5, 0.6) is 0 Å². The zero-order chi connectivity index (χ0) is 12.4. The van der Waals surface area contributed by atoms with E-state index in [0.29, 0.717) is 6.10 Å². The standard InChI is InChI=1S/C13H27NO2/c1-12(2,3)16-11-7-14(8-11)9-13(4,5)10-15-6/h11H,7-10H2,1-6H3. The Bertz CT molecular complexity index is 214. The minimum absolute atomic E-state index is 0.0151. The molecule has 0 aromatic rings. The maximum absolute atomic E-state index is 5.91. The number of hydrogen-bond acceptors (Lipinski definition) is 3. The van der Waals surface area contributed by atoms with Crippen LogP contribution >= 0.6 is 0 Å². The SMILES string of the molecule is COCC(C)(C)CN1CC(OC(C)(C)C)C1. The predicted molar refractivity (Wildman–Crippen MR) is 66.7 cm³/mol. The van der Waals surface area contributed by atoms with E-state index in [1.807, 2.05) is 0 Å². The van der Waals surface area contributed by atoms with E-state index in [1.165, 1.54) is 0 Å². The number of rotatable bonds is 5. The normalized spacial score (nSPS) is 19.9. The maximum atomic E-state index is 5.91. The molecule has 1 aliphatic heterocycles. The number of nitrogens with zero attached hydrogens (tertiary/aromatic N) is 1. The fourth-order valence-electron chi connectivity index (χ4n) is 2.27. The van der Waals surface area contributed by atoms with Crippen LogP contribution in [0.4, 0.5) is 0 Å². The molecule has 1 heterocycles. The van der Waals surface area contributed by atoms with Crippen molar-refractivity contribution < 1.29 is 9.47 Å². The van der Waals surface area contributed by atoms with E-state index in [4.69, 9.17) is 9.47 Å². The summed E-state index contributed by atoms with van der Waals surface area (Å²) in [5.74, 6) is 0. The molecule has 0 N–H and O–H groups in total. The highest BCUT2D eigenvalue weighted by molar-refractivity contribution is 4.86. The van der Waals surface area contributed by atoms with Crippen LogP contribution in [0.25, 0.3) is 0 Å². The van der Waals surface area contributed by atoms with Gasteiger partial charge < -0.3 is 9.47 Å². The zero-order valence-corrected chi connectivity index (χ0v) is 11.7. The fourth-order valence-corrected chi connectivity index (χ4v) is 2.27. The highest BCUT2D eigenvalue weighted by Crippen LogP contribution is 2.24. The summed E-state index contributed by atoms with van der Waals surface area (Å²) in [6, 6.07) is 0. The van der Waals surface area contributed by atoms with Crippen LogP contribution in [-0.2, 0) is 9.47 Å². The Balaban J connectivity index is 2.21. The van der Waals surface area contributed by atoms with Gasteiger partial charge in [0.15, 0.2) is 0 Å². The first kappa shape index (κ1) is 13.9. The first-order chi connectivity index (χ1) is 7.22.